The number of methoxy groups -OCH3 is 1. The third-order valence-electron chi connectivity index (χ3n) is 6.32. The number of hydrogen-bond acceptors (Lipinski definition) is 4. The fourth-order valence-electron chi connectivity index (χ4n) is 4.50. The van der Waals surface area contributed by atoms with Crippen LogP contribution in [0.5, 0.6) is 11.5 Å². The number of benzene rings is 2. The minimum Gasteiger partial charge on any atom is -0.496 e. The quantitative estimate of drug-likeness (QED) is 0.615. The van der Waals surface area contributed by atoms with E-state index in [-0.39, 0.29) is 17.9 Å². The first-order chi connectivity index (χ1) is 16.4. The highest BCUT2D eigenvalue weighted by Gasteiger charge is 2.28. The van der Waals surface area contributed by atoms with Crippen molar-refractivity contribution in [2.24, 2.45) is 5.92 Å². The lowest BCUT2D eigenvalue weighted by molar-refractivity contribution is 0.0564. The molecular weight excluding hydrogens is 428 g/mol. The van der Waals surface area contributed by atoms with Crippen molar-refractivity contribution in [1.29, 1.82) is 0 Å². The molecule has 0 saturated heterocycles. The zero-order valence-corrected chi connectivity index (χ0v) is 21.0. The molecule has 2 aromatic carbocycles. The van der Waals surface area contributed by atoms with Gasteiger partial charge in [-0.25, -0.2) is 0 Å². The van der Waals surface area contributed by atoms with Gasteiger partial charge in [-0.2, -0.15) is 0 Å². The van der Waals surface area contributed by atoms with Gasteiger partial charge in [-0.05, 0) is 49.4 Å². The van der Waals surface area contributed by atoms with Crippen molar-refractivity contribution in [2.75, 3.05) is 33.9 Å². The Morgan fingerprint density at radius 1 is 1.03 bits per heavy atom. The molecule has 0 aliphatic carbocycles. The molecule has 0 bridgehead atoms. The Bertz CT molecular complexity index is 959. The summed E-state index contributed by atoms with van der Waals surface area (Å²) in [4.78, 5) is 30.6. The molecule has 6 nitrogen and oxygen atoms in total. The number of carbonyl (C=O) groups is 2. The number of hydrogen-bond donors (Lipinski definition) is 0. The Kier molecular flexibility index (Phi) is 9.37. The average Bonchev–Trinajstić information content (AvgIpc) is 2.84. The van der Waals surface area contributed by atoms with Gasteiger partial charge in [-0.3, -0.25) is 9.59 Å². The molecule has 2 aromatic rings. The van der Waals surface area contributed by atoms with Gasteiger partial charge in [0, 0.05) is 20.1 Å². The zero-order chi connectivity index (χ0) is 24.5. The van der Waals surface area contributed by atoms with Crippen molar-refractivity contribution in [3.63, 3.8) is 0 Å². The predicted molar refractivity (Wildman–Crippen MR) is 135 cm³/mol. The number of ether oxygens (including phenoxy) is 2. The summed E-state index contributed by atoms with van der Waals surface area (Å²) < 4.78 is 11.8. The van der Waals surface area contributed by atoms with Gasteiger partial charge >= 0.3 is 0 Å². The molecule has 0 saturated carbocycles. The topological polar surface area (TPSA) is 59.1 Å². The summed E-state index contributed by atoms with van der Waals surface area (Å²) >= 11 is 0. The fourth-order valence-corrected chi connectivity index (χ4v) is 4.50. The van der Waals surface area contributed by atoms with Gasteiger partial charge in [0.05, 0.1) is 24.3 Å². The maximum absolute atomic E-state index is 13.8. The van der Waals surface area contributed by atoms with Crippen LogP contribution in [0.25, 0.3) is 0 Å². The molecule has 0 fully saturated rings. The van der Waals surface area contributed by atoms with Gasteiger partial charge in [0.15, 0.2) is 0 Å². The number of carbonyl (C=O) groups excluding carboxylic acids is 2. The average molecular weight is 467 g/mol. The van der Waals surface area contributed by atoms with Crippen molar-refractivity contribution in [3.05, 3.63) is 59.7 Å². The van der Waals surface area contributed by atoms with Crippen LogP contribution in [-0.4, -0.2) is 61.5 Å². The Balaban J connectivity index is 1.95. The predicted octanol–water partition coefficient (Wildman–Crippen LogP) is 5.28. The summed E-state index contributed by atoms with van der Waals surface area (Å²) in [5.74, 6) is 1.45. The van der Waals surface area contributed by atoms with Crippen molar-refractivity contribution in [1.82, 2.24) is 9.80 Å². The minimum atomic E-state index is -0.124. The van der Waals surface area contributed by atoms with Gasteiger partial charge in [-0.15, -0.1) is 0 Å². The lowest BCUT2D eigenvalue weighted by Gasteiger charge is -2.34. The Morgan fingerprint density at radius 3 is 2.44 bits per heavy atom. The van der Waals surface area contributed by atoms with E-state index in [2.05, 4.69) is 13.8 Å². The molecule has 6 heteroatoms. The van der Waals surface area contributed by atoms with Crippen LogP contribution in [0.4, 0.5) is 0 Å². The van der Waals surface area contributed by atoms with Crippen LogP contribution in [0.3, 0.4) is 0 Å². The standard InChI is InChI=1S/C28H38N2O4/c1-21(2)19-22-20-34-26-16-10-8-14-24(26)27(31)29(3)17-11-5-6-12-18-30(22)28(32)23-13-7-9-15-25(23)33-4/h7-10,13-16,21-22H,5-6,11-12,17-20H2,1-4H3/t22-/m0/s1. The minimum absolute atomic E-state index is 0.0324. The molecule has 34 heavy (non-hydrogen) atoms. The van der Waals surface area contributed by atoms with Crippen LogP contribution in [0.1, 0.15) is 66.7 Å². The largest absolute Gasteiger partial charge is 0.496 e. The lowest BCUT2D eigenvalue weighted by Crippen LogP contribution is -2.45. The molecule has 0 spiro atoms. The Hall–Kier alpha value is -3.02. The number of para-hydroxylation sites is 2. The van der Waals surface area contributed by atoms with Crippen molar-refractivity contribution >= 4 is 11.8 Å². The third-order valence-corrected chi connectivity index (χ3v) is 6.32. The van der Waals surface area contributed by atoms with Crippen LogP contribution < -0.4 is 9.47 Å². The smallest absolute Gasteiger partial charge is 0.257 e. The van der Waals surface area contributed by atoms with Gasteiger partial charge in [0.2, 0.25) is 0 Å². The van der Waals surface area contributed by atoms with Crippen LogP contribution >= 0.6 is 0 Å². The molecule has 1 aliphatic heterocycles. The first-order valence-corrected chi connectivity index (χ1v) is 12.3. The molecule has 0 unspecified atom stereocenters. The lowest BCUT2D eigenvalue weighted by atomic mass is 10.0. The second-order valence-corrected chi connectivity index (χ2v) is 9.43. The van der Waals surface area contributed by atoms with E-state index in [0.717, 1.165) is 32.1 Å². The summed E-state index contributed by atoms with van der Waals surface area (Å²) in [5.41, 5.74) is 1.13. The third kappa shape index (κ3) is 6.52. The molecule has 1 aliphatic rings. The molecule has 0 radical (unpaired) electrons. The molecule has 3 rings (SSSR count). The van der Waals surface area contributed by atoms with Crippen LogP contribution in [0, 0.1) is 5.92 Å². The van der Waals surface area contributed by atoms with E-state index >= 15 is 0 Å². The molecule has 0 aromatic heterocycles. The number of nitrogens with zero attached hydrogens (tertiary/aromatic N) is 2. The second-order valence-electron chi connectivity index (χ2n) is 9.43. The highest BCUT2D eigenvalue weighted by Crippen LogP contribution is 2.26. The maximum Gasteiger partial charge on any atom is 0.257 e. The normalized spacial score (nSPS) is 18.1. The Morgan fingerprint density at radius 2 is 1.71 bits per heavy atom. The molecule has 2 amide bonds. The highest BCUT2D eigenvalue weighted by atomic mass is 16.5. The SMILES string of the molecule is COc1ccccc1C(=O)N1CCCCCCN(C)C(=O)c2ccccc2OC[C@@H]1CC(C)C. The van der Waals surface area contributed by atoms with Crippen LogP contribution in [0.2, 0.25) is 0 Å². The maximum atomic E-state index is 13.8. The van der Waals surface area contributed by atoms with Gasteiger partial charge in [0.25, 0.3) is 11.8 Å². The second kappa shape index (κ2) is 12.4. The number of amides is 2. The van der Waals surface area contributed by atoms with Gasteiger partial charge < -0.3 is 19.3 Å². The first kappa shape index (κ1) is 25.6. The van der Waals surface area contributed by atoms with E-state index in [4.69, 9.17) is 9.47 Å². The summed E-state index contributed by atoms with van der Waals surface area (Å²) in [6.45, 7) is 6.00. The summed E-state index contributed by atoms with van der Waals surface area (Å²) in [6.07, 6.45) is 4.66. The molecular formula is C28H38N2O4. The molecule has 184 valence electrons. The fraction of sp³-hybridized carbons (Fsp3) is 0.500. The number of fused-ring (bicyclic) bond motifs is 1. The van der Waals surface area contributed by atoms with Crippen molar-refractivity contribution in [2.45, 2.75) is 52.0 Å². The zero-order valence-electron chi connectivity index (χ0n) is 21.0. The first-order valence-electron chi connectivity index (χ1n) is 12.3. The van der Waals surface area contributed by atoms with Crippen molar-refractivity contribution in [3.8, 4) is 11.5 Å². The van der Waals surface area contributed by atoms with E-state index < -0.39 is 0 Å². The molecule has 1 atom stereocenters. The van der Waals surface area contributed by atoms with Crippen molar-refractivity contribution < 1.29 is 19.1 Å². The van der Waals surface area contributed by atoms with E-state index in [1.807, 2.05) is 60.5 Å². The summed E-state index contributed by atoms with van der Waals surface area (Å²) in [5, 5.41) is 0. The summed E-state index contributed by atoms with van der Waals surface area (Å²) in [6, 6.07) is 14.7. The van der Waals surface area contributed by atoms with E-state index in [0.29, 0.717) is 48.2 Å². The van der Waals surface area contributed by atoms with E-state index in [1.165, 1.54) is 0 Å². The van der Waals surface area contributed by atoms with Gasteiger partial charge in [0.1, 0.15) is 18.1 Å². The van der Waals surface area contributed by atoms with E-state index in [1.54, 1.807) is 12.0 Å². The molecule has 1 heterocycles. The Labute approximate surface area is 203 Å². The molecule has 0 N–H and O–H groups in total. The van der Waals surface area contributed by atoms with E-state index in [9.17, 15) is 9.59 Å². The van der Waals surface area contributed by atoms with Gasteiger partial charge in [-0.1, -0.05) is 51.0 Å². The monoisotopic (exact) mass is 466 g/mol. The van der Waals surface area contributed by atoms with Crippen LogP contribution in [0.15, 0.2) is 48.5 Å². The van der Waals surface area contributed by atoms with Crippen LogP contribution in [-0.2, 0) is 0 Å². The summed E-state index contributed by atoms with van der Waals surface area (Å²) in [7, 11) is 3.44. The number of rotatable bonds is 4. The highest BCUT2D eigenvalue weighted by molar-refractivity contribution is 5.97.